The van der Waals surface area contributed by atoms with Gasteiger partial charge in [0, 0.05) is 19.0 Å². The molecule has 2 saturated carbocycles. The second kappa shape index (κ2) is 5.04. The quantitative estimate of drug-likeness (QED) is 0.898. The van der Waals surface area contributed by atoms with E-state index in [4.69, 9.17) is 5.73 Å². The number of nitrogen functional groups attached to an aromatic ring is 1. The number of H-pyrrole nitrogens is 1. The number of rotatable bonds is 3. The van der Waals surface area contributed by atoms with Crippen molar-refractivity contribution in [1.82, 2.24) is 15.1 Å². The summed E-state index contributed by atoms with van der Waals surface area (Å²) in [6.45, 7) is 4.61. The van der Waals surface area contributed by atoms with Gasteiger partial charge in [-0.3, -0.25) is 9.89 Å². The first-order valence-electron chi connectivity index (χ1n) is 8.00. The Hall–Kier alpha value is -1.52. The SMILES string of the molecule is CN(C(=O)c1n[nH]c(C2CC2)c1N)C1CCC(C)(C)CC1. The number of anilines is 1. The summed E-state index contributed by atoms with van der Waals surface area (Å²) < 4.78 is 0. The van der Waals surface area contributed by atoms with Crippen molar-refractivity contribution in [3.63, 3.8) is 0 Å². The van der Waals surface area contributed by atoms with Crippen molar-refractivity contribution in [3.05, 3.63) is 11.4 Å². The second-order valence-electron chi connectivity index (χ2n) is 7.49. The zero-order valence-corrected chi connectivity index (χ0v) is 13.3. The van der Waals surface area contributed by atoms with Crippen LogP contribution < -0.4 is 5.73 Å². The number of hydrogen-bond acceptors (Lipinski definition) is 3. The maximum Gasteiger partial charge on any atom is 0.276 e. The van der Waals surface area contributed by atoms with Gasteiger partial charge in [0.1, 0.15) is 0 Å². The number of aromatic nitrogens is 2. The van der Waals surface area contributed by atoms with Gasteiger partial charge in [0.15, 0.2) is 5.69 Å². The average molecular weight is 290 g/mol. The number of carbonyl (C=O) groups excluding carboxylic acids is 1. The van der Waals surface area contributed by atoms with Crippen LogP contribution >= 0.6 is 0 Å². The summed E-state index contributed by atoms with van der Waals surface area (Å²) in [5.41, 5.74) is 8.44. The van der Waals surface area contributed by atoms with Gasteiger partial charge in [0.2, 0.25) is 0 Å². The molecule has 1 heterocycles. The largest absolute Gasteiger partial charge is 0.395 e. The van der Waals surface area contributed by atoms with Gasteiger partial charge in [-0.25, -0.2) is 0 Å². The van der Waals surface area contributed by atoms with Gasteiger partial charge < -0.3 is 10.6 Å². The van der Waals surface area contributed by atoms with Crippen molar-refractivity contribution < 1.29 is 4.79 Å². The number of hydrogen-bond donors (Lipinski definition) is 2. The van der Waals surface area contributed by atoms with Gasteiger partial charge in [-0.1, -0.05) is 13.8 Å². The zero-order chi connectivity index (χ0) is 15.2. The van der Waals surface area contributed by atoms with Gasteiger partial charge in [0.25, 0.3) is 5.91 Å². The Labute approximate surface area is 126 Å². The highest BCUT2D eigenvalue weighted by atomic mass is 16.2. The lowest BCUT2D eigenvalue weighted by atomic mass is 9.75. The van der Waals surface area contributed by atoms with Gasteiger partial charge in [0.05, 0.1) is 11.4 Å². The van der Waals surface area contributed by atoms with Crippen LogP contribution in [0.2, 0.25) is 0 Å². The Bertz CT molecular complexity index is 534. The molecule has 0 unspecified atom stereocenters. The fourth-order valence-corrected chi connectivity index (χ4v) is 3.31. The van der Waals surface area contributed by atoms with E-state index in [0.29, 0.717) is 28.8 Å². The number of carbonyl (C=O) groups is 1. The first-order valence-corrected chi connectivity index (χ1v) is 8.00. The molecule has 0 aromatic carbocycles. The van der Waals surface area contributed by atoms with Crippen molar-refractivity contribution in [2.45, 2.75) is 64.3 Å². The van der Waals surface area contributed by atoms with E-state index in [2.05, 4.69) is 24.0 Å². The molecule has 3 N–H and O–H groups in total. The molecule has 0 radical (unpaired) electrons. The number of nitrogens with one attached hydrogen (secondary N) is 1. The van der Waals surface area contributed by atoms with E-state index in [0.717, 1.165) is 31.4 Å². The predicted molar refractivity (Wildman–Crippen MR) is 83.1 cm³/mol. The first kappa shape index (κ1) is 14.4. The molecular weight excluding hydrogens is 264 g/mol. The van der Waals surface area contributed by atoms with Crippen molar-refractivity contribution >= 4 is 11.6 Å². The second-order valence-corrected chi connectivity index (χ2v) is 7.49. The fourth-order valence-electron chi connectivity index (χ4n) is 3.31. The Morgan fingerprint density at radius 2 is 1.90 bits per heavy atom. The average Bonchev–Trinajstić information content (AvgIpc) is 3.21. The Balaban J connectivity index is 1.70. The summed E-state index contributed by atoms with van der Waals surface area (Å²) in [5, 5.41) is 7.15. The first-order chi connectivity index (χ1) is 9.89. The molecule has 2 fully saturated rings. The normalized spacial score (nSPS) is 22.2. The van der Waals surface area contributed by atoms with Crippen LogP contribution in [0, 0.1) is 5.41 Å². The highest BCUT2D eigenvalue weighted by molar-refractivity contribution is 5.97. The lowest BCUT2D eigenvalue weighted by Gasteiger charge is -2.38. The van der Waals surface area contributed by atoms with E-state index >= 15 is 0 Å². The van der Waals surface area contributed by atoms with E-state index in [1.165, 1.54) is 12.8 Å². The minimum Gasteiger partial charge on any atom is -0.395 e. The maximum absolute atomic E-state index is 12.6. The minimum atomic E-state index is -0.0413. The summed E-state index contributed by atoms with van der Waals surface area (Å²) in [6, 6.07) is 0.311. The predicted octanol–water partition coefficient (Wildman–Crippen LogP) is 2.91. The number of amides is 1. The monoisotopic (exact) mass is 290 g/mol. The fraction of sp³-hybridized carbons (Fsp3) is 0.750. The zero-order valence-electron chi connectivity index (χ0n) is 13.3. The van der Waals surface area contributed by atoms with E-state index in [1.54, 1.807) is 0 Å². The highest BCUT2D eigenvalue weighted by Gasteiger charge is 2.34. The van der Waals surface area contributed by atoms with Crippen LogP contribution in [-0.4, -0.2) is 34.1 Å². The van der Waals surface area contributed by atoms with Crippen LogP contribution in [0.4, 0.5) is 5.69 Å². The topological polar surface area (TPSA) is 75.0 Å². The van der Waals surface area contributed by atoms with E-state index in [1.807, 2.05) is 11.9 Å². The van der Waals surface area contributed by atoms with Crippen LogP contribution in [0.1, 0.15) is 74.5 Å². The molecule has 1 aromatic rings. The van der Waals surface area contributed by atoms with E-state index in [-0.39, 0.29) is 5.91 Å². The molecule has 0 bridgehead atoms. The Kier molecular flexibility index (Phi) is 3.46. The van der Waals surface area contributed by atoms with Crippen LogP contribution in [0.5, 0.6) is 0 Å². The molecular formula is C16H26N4O. The van der Waals surface area contributed by atoms with Gasteiger partial charge >= 0.3 is 0 Å². The van der Waals surface area contributed by atoms with E-state index in [9.17, 15) is 4.79 Å². The van der Waals surface area contributed by atoms with Crippen LogP contribution in [0.25, 0.3) is 0 Å². The lowest BCUT2D eigenvalue weighted by Crippen LogP contribution is -2.41. The van der Waals surface area contributed by atoms with Crippen LogP contribution in [0.3, 0.4) is 0 Å². The third-order valence-corrected chi connectivity index (χ3v) is 5.20. The summed E-state index contributed by atoms with van der Waals surface area (Å²) >= 11 is 0. The summed E-state index contributed by atoms with van der Waals surface area (Å²) in [7, 11) is 1.89. The molecule has 1 amide bonds. The Morgan fingerprint density at radius 3 is 2.48 bits per heavy atom. The maximum atomic E-state index is 12.6. The number of aromatic amines is 1. The standard InChI is InChI=1S/C16H26N4O/c1-16(2)8-6-11(7-9-16)20(3)15(21)14-12(17)13(18-19-14)10-4-5-10/h10-11H,4-9,17H2,1-3H3,(H,18,19). The number of nitrogens with two attached hydrogens (primary N) is 1. The summed E-state index contributed by atoms with van der Waals surface area (Å²) in [5.74, 6) is 0.445. The van der Waals surface area contributed by atoms with Crippen molar-refractivity contribution in [2.75, 3.05) is 12.8 Å². The van der Waals surface area contributed by atoms with E-state index < -0.39 is 0 Å². The lowest BCUT2D eigenvalue weighted by molar-refractivity contribution is 0.0630. The molecule has 0 aliphatic heterocycles. The number of nitrogens with zero attached hydrogens (tertiary/aromatic N) is 2. The summed E-state index contributed by atoms with van der Waals surface area (Å²) in [6.07, 6.45) is 6.75. The molecule has 5 nitrogen and oxygen atoms in total. The molecule has 2 aliphatic carbocycles. The highest BCUT2D eigenvalue weighted by Crippen LogP contribution is 2.42. The minimum absolute atomic E-state index is 0.0413. The van der Waals surface area contributed by atoms with Crippen molar-refractivity contribution in [3.8, 4) is 0 Å². The molecule has 0 spiro atoms. The Morgan fingerprint density at radius 1 is 1.29 bits per heavy atom. The third kappa shape index (κ3) is 2.78. The van der Waals surface area contributed by atoms with Crippen LogP contribution in [-0.2, 0) is 0 Å². The smallest absolute Gasteiger partial charge is 0.276 e. The summed E-state index contributed by atoms with van der Waals surface area (Å²) in [4.78, 5) is 14.5. The molecule has 116 valence electrons. The van der Waals surface area contributed by atoms with Crippen molar-refractivity contribution in [2.24, 2.45) is 5.41 Å². The molecule has 0 atom stereocenters. The molecule has 21 heavy (non-hydrogen) atoms. The van der Waals surface area contributed by atoms with Crippen molar-refractivity contribution in [1.29, 1.82) is 0 Å². The third-order valence-electron chi connectivity index (χ3n) is 5.20. The molecule has 3 rings (SSSR count). The van der Waals surface area contributed by atoms with Crippen LogP contribution in [0.15, 0.2) is 0 Å². The van der Waals surface area contributed by atoms with Gasteiger partial charge in [-0.05, 0) is 43.9 Å². The molecule has 5 heteroatoms. The van der Waals surface area contributed by atoms with Gasteiger partial charge in [-0.2, -0.15) is 5.10 Å². The molecule has 2 aliphatic rings. The molecule has 1 aromatic heterocycles. The molecule has 0 saturated heterocycles. The van der Waals surface area contributed by atoms with Gasteiger partial charge in [-0.15, -0.1) is 0 Å².